The standard InChI is InChI=1S/C23H25N3O/c1-23(2,3)22(27)25-14-12-17-16-8-4-5-10-19(16)26-21(17)18-9-6-7-15-11-13-24-20(15)18/h4-11,13,24,26H,12,14H2,1-3H3,(H,25,27). The third-order valence-electron chi connectivity index (χ3n) is 5.01. The van der Waals surface area contributed by atoms with Gasteiger partial charge in [-0.2, -0.15) is 0 Å². The van der Waals surface area contributed by atoms with Crippen LogP contribution in [0.25, 0.3) is 33.1 Å². The Morgan fingerprint density at radius 1 is 1.04 bits per heavy atom. The minimum atomic E-state index is -0.376. The molecule has 2 heterocycles. The van der Waals surface area contributed by atoms with Gasteiger partial charge in [0.25, 0.3) is 0 Å². The molecule has 0 fully saturated rings. The number of hydrogen-bond acceptors (Lipinski definition) is 1. The van der Waals surface area contributed by atoms with E-state index in [-0.39, 0.29) is 11.3 Å². The van der Waals surface area contributed by atoms with Crippen LogP contribution in [0.3, 0.4) is 0 Å². The molecule has 4 nitrogen and oxygen atoms in total. The normalized spacial score (nSPS) is 12.0. The molecule has 2 aromatic heterocycles. The number of amides is 1. The summed E-state index contributed by atoms with van der Waals surface area (Å²) in [6, 6.07) is 16.8. The van der Waals surface area contributed by atoms with Crippen LogP contribution < -0.4 is 5.32 Å². The molecule has 0 saturated heterocycles. The average molecular weight is 359 g/mol. The first kappa shape index (κ1) is 17.4. The number of carbonyl (C=O) groups is 1. The molecule has 138 valence electrons. The second-order valence-corrected chi connectivity index (χ2v) is 8.03. The molecule has 0 spiro atoms. The first-order valence-electron chi connectivity index (χ1n) is 9.39. The number of benzene rings is 2. The van der Waals surface area contributed by atoms with Gasteiger partial charge in [0.2, 0.25) is 5.91 Å². The number of aromatic amines is 2. The number of nitrogens with one attached hydrogen (secondary N) is 3. The number of H-pyrrole nitrogens is 2. The highest BCUT2D eigenvalue weighted by Gasteiger charge is 2.21. The van der Waals surface area contributed by atoms with E-state index in [0.717, 1.165) is 28.7 Å². The van der Waals surface area contributed by atoms with Gasteiger partial charge in [0.05, 0.1) is 11.2 Å². The Morgan fingerprint density at radius 3 is 2.67 bits per heavy atom. The van der Waals surface area contributed by atoms with Crippen molar-refractivity contribution in [2.45, 2.75) is 27.2 Å². The number of fused-ring (bicyclic) bond motifs is 2. The van der Waals surface area contributed by atoms with Gasteiger partial charge in [0.15, 0.2) is 0 Å². The van der Waals surface area contributed by atoms with Gasteiger partial charge >= 0.3 is 0 Å². The van der Waals surface area contributed by atoms with Crippen LogP contribution in [0, 0.1) is 5.41 Å². The Kier molecular flexibility index (Phi) is 4.27. The van der Waals surface area contributed by atoms with Crippen molar-refractivity contribution >= 4 is 27.7 Å². The fraction of sp³-hybridized carbons (Fsp3) is 0.261. The molecule has 0 unspecified atom stereocenters. The molecule has 0 aliphatic rings. The molecular formula is C23H25N3O. The zero-order chi connectivity index (χ0) is 19.0. The van der Waals surface area contributed by atoms with E-state index < -0.39 is 0 Å². The van der Waals surface area contributed by atoms with Crippen molar-refractivity contribution in [3.8, 4) is 11.3 Å². The molecule has 0 radical (unpaired) electrons. The van der Waals surface area contributed by atoms with Crippen LogP contribution in [0.5, 0.6) is 0 Å². The van der Waals surface area contributed by atoms with Gasteiger partial charge in [-0.1, -0.05) is 57.2 Å². The molecule has 0 bridgehead atoms. The van der Waals surface area contributed by atoms with Gasteiger partial charge in [0.1, 0.15) is 0 Å². The first-order chi connectivity index (χ1) is 12.9. The van der Waals surface area contributed by atoms with Gasteiger partial charge in [-0.25, -0.2) is 0 Å². The summed E-state index contributed by atoms with van der Waals surface area (Å²) in [5, 5.41) is 5.48. The summed E-state index contributed by atoms with van der Waals surface area (Å²) in [6.45, 7) is 6.42. The molecule has 4 heteroatoms. The van der Waals surface area contributed by atoms with Gasteiger partial charge in [0, 0.05) is 40.0 Å². The van der Waals surface area contributed by atoms with Gasteiger partial charge in [-0.15, -0.1) is 0 Å². The molecule has 0 aliphatic heterocycles. The fourth-order valence-electron chi connectivity index (χ4n) is 3.55. The lowest BCUT2D eigenvalue weighted by molar-refractivity contribution is -0.128. The second-order valence-electron chi connectivity index (χ2n) is 8.03. The van der Waals surface area contributed by atoms with Crippen molar-refractivity contribution in [1.29, 1.82) is 0 Å². The monoisotopic (exact) mass is 359 g/mol. The van der Waals surface area contributed by atoms with E-state index in [9.17, 15) is 4.79 Å². The average Bonchev–Trinajstić information content (AvgIpc) is 3.25. The van der Waals surface area contributed by atoms with Crippen LogP contribution in [0.4, 0.5) is 0 Å². The Balaban J connectivity index is 1.74. The lowest BCUT2D eigenvalue weighted by Gasteiger charge is -2.17. The van der Waals surface area contributed by atoms with Crippen LogP contribution >= 0.6 is 0 Å². The zero-order valence-electron chi connectivity index (χ0n) is 16.0. The molecule has 4 rings (SSSR count). The smallest absolute Gasteiger partial charge is 0.225 e. The Labute approximate surface area is 159 Å². The topological polar surface area (TPSA) is 60.7 Å². The SMILES string of the molecule is CC(C)(C)C(=O)NCCc1c(-c2cccc3cc[nH]c23)[nH]c2ccccc12. The second kappa shape index (κ2) is 6.62. The quantitative estimate of drug-likeness (QED) is 0.471. The molecule has 27 heavy (non-hydrogen) atoms. The lowest BCUT2D eigenvalue weighted by Crippen LogP contribution is -2.35. The van der Waals surface area contributed by atoms with E-state index in [2.05, 4.69) is 57.7 Å². The van der Waals surface area contributed by atoms with Crippen molar-refractivity contribution in [2.75, 3.05) is 6.54 Å². The minimum Gasteiger partial charge on any atom is -0.361 e. The predicted molar refractivity (Wildman–Crippen MR) is 112 cm³/mol. The highest BCUT2D eigenvalue weighted by Crippen LogP contribution is 2.34. The summed E-state index contributed by atoms with van der Waals surface area (Å²) >= 11 is 0. The van der Waals surface area contributed by atoms with E-state index in [4.69, 9.17) is 0 Å². The molecule has 1 amide bonds. The third-order valence-corrected chi connectivity index (χ3v) is 5.01. The summed E-state index contributed by atoms with van der Waals surface area (Å²) in [4.78, 5) is 19.2. The maximum Gasteiger partial charge on any atom is 0.225 e. The molecule has 0 atom stereocenters. The zero-order valence-corrected chi connectivity index (χ0v) is 16.0. The van der Waals surface area contributed by atoms with Gasteiger partial charge < -0.3 is 15.3 Å². The van der Waals surface area contributed by atoms with E-state index in [0.29, 0.717) is 6.54 Å². The summed E-state index contributed by atoms with van der Waals surface area (Å²) in [5.41, 5.74) is 5.39. The van der Waals surface area contributed by atoms with E-state index in [1.165, 1.54) is 16.3 Å². The molecule has 3 N–H and O–H groups in total. The van der Waals surface area contributed by atoms with Crippen LogP contribution in [-0.4, -0.2) is 22.4 Å². The Hall–Kier alpha value is -3.01. The van der Waals surface area contributed by atoms with Crippen molar-refractivity contribution in [3.63, 3.8) is 0 Å². The molecule has 0 saturated carbocycles. The fourth-order valence-corrected chi connectivity index (χ4v) is 3.55. The van der Waals surface area contributed by atoms with E-state index in [1.807, 2.05) is 33.0 Å². The summed E-state index contributed by atoms with van der Waals surface area (Å²) in [5.74, 6) is 0.0790. The molecule has 2 aromatic carbocycles. The van der Waals surface area contributed by atoms with Crippen molar-refractivity contribution < 1.29 is 4.79 Å². The summed E-state index contributed by atoms with van der Waals surface area (Å²) in [6.07, 6.45) is 2.75. The van der Waals surface area contributed by atoms with Gasteiger partial charge in [-0.05, 0) is 24.1 Å². The maximum atomic E-state index is 12.2. The maximum absolute atomic E-state index is 12.2. The number of hydrogen-bond donors (Lipinski definition) is 3. The first-order valence-corrected chi connectivity index (χ1v) is 9.39. The number of para-hydroxylation sites is 2. The molecule has 4 aromatic rings. The summed E-state index contributed by atoms with van der Waals surface area (Å²) < 4.78 is 0. The van der Waals surface area contributed by atoms with E-state index >= 15 is 0 Å². The minimum absolute atomic E-state index is 0.0790. The van der Waals surface area contributed by atoms with Crippen LogP contribution in [0.15, 0.2) is 54.7 Å². The number of aromatic nitrogens is 2. The molecule has 0 aliphatic carbocycles. The van der Waals surface area contributed by atoms with Gasteiger partial charge in [-0.3, -0.25) is 4.79 Å². The predicted octanol–water partition coefficient (Wildman–Crippen LogP) is 5.02. The van der Waals surface area contributed by atoms with Crippen molar-refractivity contribution in [1.82, 2.24) is 15.3 Å². The van der Waals surface area contributed by atoms with Crippen LogP contribution in [0.1, 0.15) is 26.3 Å². The van der Waals surface area contributed by atoms with E-state index in [1.54, 1.807) is 0 Å². The van der Waals surface area contributed by atoms with Crippen LogP contribution in [-0.2, 0) is 11.2 Å². The molecular weight excluding hydrogens is 334 g/mol. The number of carbonyl (C=O) groups excluding carboxylic acids is 1. The third kappa shape index (κ3) is 3.23. The van der Waals surface area contributed by atoms with Crippen molar-refractivity contribution in [3.05, 3.63) is 60.3 Å². The highest BCUT2D eigenvalue weighted by atomic mass is 16.2. The summed E-state index contributed by atoms with van der Waals surface area (Å²) in [7, 11) is 0. The van der Waals surface area contributed by atoms with Crippen molar-refractivity contribution in [2.24, 2.45) is 5.41 Å². The van der Waals surface area contributed by atoms with Crippen LogP contribution in [0.2, 0.25) is 0 Å². The Bertz CT molecular complexity index is 1110. The largest absolute Gasteiger partial charge is 0.361 e. The lowest BCUT2D eigenvalue weighted by atomic mass is 9.95. The Morgan fingerprint density at radius 2 is 1.85 bits per heavy atom. The number of rotatable bonds is 4. The highest BCUT2D eigenvalue weighted by molar-refractivity contribution is 5.99.